The Morgan fingerprint density at radius 1 is 1.18 bits per heavy atom. The van der Waals surface area contributed by atoms with Crippen LogP contribution in [0.25, 0.3) is 0 Å². The van der Waals surface area contributed by atoms with Crippen LogP contribution in [0.4, 0.5) is 4.39 Å². The minimum absolute atomic E-state index is 0.000296. The number of amides is 1. The van der Waals surface area contributed by atoms with Gasteiger partial charge in [-0.05, 0) is 56.1 Å². The Labute approximate surface area is 170 Å². The molecular formula is C20H26ClFN2O3S. The van der Waals surface area contributed by atoms with Gasteiger partial charge in [0.2, 0.25) is 15.9 Å². The van der Waals surface area contributed by atoms with Crippen LogP contribution in [-0.2, 0) is 20.6 Å². The highest BCUT2D eigenvalue weighted by molar-refractivity contribution is 7.88. The minimum atomic E-state index is -3.68. The zero-order chi connectivity index (χ0) is 19.9. The number of carbonyl (C=O) groups excluding carboxylic acids is 1. The van der Waals surface area contributed by atoms with Gasteiger partial charge in [-0.15, -0.1) is 0 Å². The first-order chi connectivity index (χ1) is 13.3. The van der Waals surface area contributed by atoms with Crippen LogP contribution < -0.4 is 5.32 Å². The molecule has 1 aliphatic heterocycles. The molecule has 3 atom stereocenters. The van der Waals surface area contributed by atoms with Crippen LogP contribution in [0.15, 0.2) is 18.2 Å². The average molecular weight is 429 g/mol. The van der Waals surface area contributed by atoms with Gasteiger partial charge in [0, 0.05) is 35.6 Å². The first-order valence-electron chi connectivity index (χ1n) is 10.0. The maximum atomic E-state index is 14.0. The number of hydrogen-bond acceptors (Lipinski definition) is 3. The van der Waals surface area contributed by atoms with Crippen LogP contribution in [-0.4, -0.2) is 37.8 Å². The van der Waals surface area contributed by atoms with E-state index in [1.165, 1.54) is 41.8 Å². The van der Waals surface area contributed by atoms with E-state index in [1.807, 2.05) is 0 Å². The Hall–Kier alpha value is -1.18. The Bertz CT molecular complexity index is 835. The van der Waals surface area contributed by atoms with E-state index in [9.17, 15) is 17.6 Å². The molecule has 1 amide bonds. The van der Waals surface area contributed by atoms with E-state index in [1.54, 1.807) is 0 Å². The Morgan fingerprint density at radius 3 is 2.54 bits per heavy atom. The molecule has 1 aromatic rings. The largest absolute Gasteiger partial charge is 0.353 e. The third-order valence-electron chi connectivity index (χ3n) is 6.67. The summed E-state index contributed by atoms with van der Waals surface area (Å²) in [5.74, 6) is 0.235. The molecule has 4 rings (SSSR count). The molecule has 1 aromatic carbocycles. The molecular weight excluding hydrogens is 403 g/mol. The summed E-state index contributed by atoms with van der Waals surface area (Å²) in [6, 6.07) is 4.45. The van der Waals surface area contributed by atoms with Gasteiger partial charge >= 0.3 is 0 Å². The number of sulfonamides is 1. The van der Waals surface area contributed by atoms with Gasteiger partial charge in [0.25, 0.3) is 0 Å². The second-order valence-electron chi connectivity index (χ2n) is 8.42. The van der Waals surface area contributed by atoms with Crippen LogP contribution >= 0.6 is 11.6 Å². The van der Waals surface area contributed by atoms with E-state index in [0.717, 1.165) is 12.3 Å². The first-order valence-corrected chi connectivity index (χ1v) is 12.0. The number of halogens is 2. The molecule has 1 heterocycles. The fraction of sp³-hybridized carbons (Fsp3) is 0.650. The van der Waals surface area contributed by atoms with Gasteiger partial charge in [-0.25, -0.2) is 17.1 Å². The van der Waals surface area contributed by atoms with E-state index in [0.29, 0.717) is 24.8 Å². The van der Waals surface area contributed by atoms with Crippen molar-refractivity contribution in [1.29, 1.82) is 0 Å². The third-order valence-corrected chi connectivity index (χ3v) is 8.83. The molecule has 28 heavy (non-hydrogen) atoms. The monoisotopic (exact) mass is 428 g/mol. The van der Waals surface area contributed by atoms with Crippen LogP contribution in [0, 0.1) is 23.6 Å². The number of rotatable bonds is 5. The molecule has 2 bridgehead atoms. The Kier molecular flexibility index (Phi) is 5.69. The van der Waals surface area contributed by atoms with E-state index >= 15 is 0 Å². The average Bonchev–Trinajstić information content (AvgIpc) is 3.28. The topological polar surface area (TPSA) is 66.5 Å². The molecule has 0 spiro atoms. The second kappa shape index (κ2) is 7.92. The van der Waals surface area contributed by atoms with Gasteiger partial charge in [0.15, 0.2) is 0 Å². The number of piperidine rings is 1. The lowest BCUT2D eigenvalue weighted by Crippen LogP contribution is -2.46. The van der Waals surface area contributed by atoms with Crippen LogP contribution in [0.3, 0.4) is 0 Å². The number of carbonyl (C=O) groups is 1. The summed E-state index contributed by atoms with van der Waals surface area (Å²) in [6.07, 6.45) is 5.82. The van der Waals surface area contributed by atoms with Crippen molar-refractivity contribution in [1.82, 2.24) is 9.62 Å². The van der Waals surface area contributed by atoms with Crippen molar-refractivity contribution < 1.29 is 17.6 Å². The van der Waals surface area contributed by atoms with Gasteiger partial charge in [-0.2, -0.15) is 0 Å². The Morgan fingerprint density at radius 2 is 1.93 bits per heavy atom. The lowest BCUT2D eigenvalue weighted by Gasteiger charge is -2.32. The van der Waals surface area contributed by atoms with Gasteiger partial charge in [0.1, 0.15) is 5.82 Å². The highest BCUT2D eigenvalue weighted by atomic mass is 35.5. The van der Waals surface area contributed by atoms with Crippen molar-refractivity contribution >= 4 is 27.5 Å². The van der Waals surface area contributed by atoms with Crippen molar-refractivity contribution in [2.75, 3.05) is 13.1 Å². The molecule has 3 fully saturated rings. The fourth-order valence-electron chi connectivity index (χ4n) is 5.06. The maximum Gasteiger partial charge on any atom is 0.223 e. The lowest BCUT2D eigenvalue weighted by atomic mass is 9.93. The highest BCUT2D eigenvalue weighted by Crippen LogP contribution is 2.44. The summed E-state index contributed by atoms with van der Waals surface area (Å²) in [5.41, 5.74) is 0.000296. The summed E-state index contributed by atoms with van der Waals surface area (Å²) in [4.78, 5) is 12.6. The number of benzene rings is 1. The highest BCUT2D eigenvalue weighted by Gasteiger charge is 2.41. The van der Waals surface area contributed by atoms with Gasteiger partial charge in [0.05, 0.1) is 5.75 Å². The van der Waals surface area contributed by atoms with Crippen molar-refractivity contribution in [3.8, 4) is 0 Å². The van der Waals surface area contributed by atoms with E-state index in [-0.39, 0.29) is 35.5 Å². The zero-order valence-electron chi connectivity index (χ0n) is 15.7. The number of nitrogens with zero attached hydrogens (tertiary/aromatic N) is 1. The SMILES string of the molecule is O=C(N[C@@H]1C[C@H]2CC[C@H]1C2)C1CCN(S(=O)(=O)Cc2c(F)cccc2Cl)CC1. The van der Waals surface area contributed by atoms with Crippen molar-refractivity contribution in [3.05, 3.63) is 34.6 Å². The zero-order valence-corrected chi connectivity index (χ0v) is 17.3. The van der Waals surface area contributed by atoms with Crippen LogP contribution in [0.5, 0.6) is 0 Å². The smallest absolute Gasteiger partial charge is 0.223 e. The predicted octanol–water partition coefficient (Wildman–Crippen LogP) is 3.33. The summed E-state index contributed by atoms with van der Waals surface area (Å²) in [6.45, 7) is 0.562. The summed E-state index contributed by atoms with van der Waals surface area (Å²) in [7, 11) is -3.68. The molecule has 1 saturated heterocycles. The van der Waals surface area contributed by atoms with Gasteiger partial charge < -0.3 is 5.32 Å². The third kappa shape index (κ3) is 4.07. The minimum Gasteiger partial charge on any atom is -0.353 e. The molecule has 3 aliphatic rings. The standard InChI is InChI=1S/C20H26ClFN2O3S/c21-17-2-1-3-18(22)16(17)12-28(26,27)24-8-6-14(7-9-24)20(25)23-19-11-13-4-5-15(19)10-13/h1-3,13-15,19H,4-12H2,(H,23,25)/t13-,15-,19+/m0/s1. The molecule has 1 N–H and O–H groups in total. The molecule has 0 aromatic heterocycles. The van der Waals surface area contributed by atoms with Crippen molar-refractivity contribution in [2.45, 2.75) is 50.3 Å². The molecule has 0 unspecified atom stereocenters. The predicted molar refractivity (Wildman–Crippen MR) is 106 cm³/mol. The Balaban J connectivity index is 1.32. The van der Waals surface area contributed by atoms with E-state index < -0.39 is 21.6 Å². The summed E-state index contributed by atoms with van der Waals surface area (Å²) in [5, 5.41) is 3.33. The molecule has 154 valence electrons. The molecule has 8 heteroatoms. The molecule has 2 saturated carbocycles. The normalized spacial score (nSPS) is 28.6. The first kappa shape index (κ1) is 20.1. The van der Waals surface area contributed by atoms with Crippen molar-refractivity contribution in [3.63, 3.8) is 0 Å². The summed E-state index contributed by atoms with van der Waals surface area (Å²) < 4.78 is 40.7. The molecule has 2 aliphatic carbocycles. The van der Waals surface area contributed by atoms with E-state index in [4.69, 9.17) is 11.6 Å². The van der Waals surface area contributed by atoms with Gasteiger partial charge in [-0.1, -0.05) is 24.1 Å². The number of fused-ring (bicyclic) bond motifs is 2. The number of nitrogens with one attached hydrogen (secondary N) is 1. The second-order valence-corrected chi connectivity index (χ2v) is 10.8. The fourth-order valence-corrected chi connectivity index (χ4v) is 6.98. The van der Waals surface area contributed by atoms with Crippen LogP contribution in [0.1, 0.15) is 44.1 Å². The lowest BCUT2D eigenvalue weighted by molar-refractivity contribution is -0.127. The quantitative estimate of drug-likeness (QED) is 0.782. The van der Waals surface area contributed by atoms with E-state index in [2.05, 4.69) is 5.32 Å². The van der Waals surface area contributed by atoms with Gasteiger partial charge in [-0.3, -0.25) is 4.79 Å². The molecule has 5 nitrogen and oxygen atoms in total. The molecule has 0 radical (unpaired) electrons. The van der Waals surface area contributed by atoms with Crippen LogP contribution in [0.2, 0.25) is 5.02 Å². The van der Waals surface area contributed by atoms with Crippen molar-refractivity contribution in [2.24, 2.45) is 17.8 Å². The number of hydrogen-bond donors (Lipinski definition) is 1. The maximum absolute atomic E-state index is 14.0. The summed E-state index contributed by atoms with van der Waals surface area (Å²) >= 11 is 5.97.